The van der Waals surface area contributed by atoms with E-state index < -0.39 is 0 Å². The molecule has 0 bridgehead atoms. The quantitative estimate of drug-likeness (QED) is 0.456. The zero-order valence-electron chi connectivity index (χ0n) is 15.8. The largest absolute Gasteiger partial charge is 0.383 e. The second-order valence-electron chi connectivity index (χ2n) is 6.33. The first-order chi connectivity index (χ1) is 13.7. The third-order valence-corrected chi connectivity index (χ3v) is 5.31. The molecule has 0 spiro atoms. The molecule has 3 heterocycles. The monoisotopic (exact) mass is 395 g/mol. The number of aryl methyl sites for hydroxylation is 3. The van der Waals surface area contributed by atoms with Crippen molar-refractivity contribution >= 4 is 11.3 Å². The molecule has 0 aliphatic rings. The Morgan fingerprint density at radius 3 is 2.79 bits per heavy atom. The van der Waals surface area contributed by atoms with E-state index in [1.807, 2.05) is 30.0 Å². The van der Waals surface area contributed by atoms with Gasteiger partial charge < -0.3 is 13.9 Å². The van der Waals surface area contributed by atoms with E-state index in [2.05, 4.69) is 48.1 Å². The molecule has 8 nitrogen and oxygen atoms in total. The summed E-state index contributed by atoms with van der Waals surface area (Å²) >= 11 is 1.59. The van der Waals surface area contributed by atoms with Gasteiger partial charge >= 0.3 is 0 Å². The van der Waals surface area contributed by atoms with Gasteiger partial charge in [0.05, 0.1) is 6.61 Å². The fourth-order valence-corrected chi connectivity index (χ4v) is 3.71. The van der Waals surface area contributed by atoms with E-state index in [1.165, 1.54) is 0 Å². The Morgan fingerprint density at radius 2 is 1.96 bits per heavy atom. The summed E-state index contributed by atoms with van der Waals surface area (Å²) in [6.07, 6.45) is 6.33. The minimum atomic E-state index is 0.638. The van der Waals surface area contributed by atoms with Crippen molar-refractivity contribution in [3.05, 3.63) is 53.8 Å². The summed E-state index contributed by atoms with van der Waals surface area (Å²) in [6.45, 7) is 4.12. The Hall–Kier alpha value is -2.91. The van der Waals surface area contributed by atoms with Gasteiger partial charge in [-0.3, -0.25) is 0 Å². The van der Waals surface area contributed by atoms with E-state index >= 15 is 0 Å². The third kappa shape index (κ3) is 4.00. The zero-order valence-corrected chi connectivity index (χ0v) is 16.6. The summed E-state index contributed by atoms with van der Waals surface area (Å²) in [6, 6.07) is 8.26. The van der Waals surface area contributed by atoms with Crippen molar-refractivity contribution < 1.29 is 4.74 Å². The number of rotatable bonds is 8. The molecule has 0 fully saturated rings. The number of imidazole rings is 1. The minimum absolute atomic E-state index is 0.638. The number of nitrogens with zero attached hydrogens (tertiary/aromatic N) is 7. The van der Waals surface area contributed by atoms with Crippen molar-refractivity contribution in [1.29, 1.82) is 0 Å². The van der Waals surface area contributed by atoms with Crippen molar-refractivity contribution in [1.82, 2.24) is 34.5 Å². The van der Waals surface area contributed by atoms with Crippen LogP contribution >= 0.6 is 11.3 Å². The maximum atomic E-state index is 5.15. The van der Waals surface area contributed by atoms with Gasteiger partial charge in [0.15, 0.2) is 0 Å². The van der Waals surface area contributed by atoms with E-state index in [4.69, 9.17) is 4.74 Å². The maximum absolute atomic E-state index is 5.15. The molecule has 0 aliphatic heterocycles. The molecule has 0 aliphatic carbocycles. The molecule has 0 atom stereocenters. The summed E-state index contributed by atoms with van der Waals surface area (Å²) in [5.41, 5.74) is 2.10. The molecule has 0 saturated heterocycles. The molecule has 0 N–H and O–H groups in total. The average molecular weight is 395 g/mol. The van der Waals surface area contributed by atoms with E-state index in [9.17, 15) is 0 Å². The van der Waals surface area contributed by atoms with Crippen LogP contribution in [-0.2, 0) is 24.2 Å². The van der Waals surface area contributed by atoms with Gasteiger partial charge in [-0.2, -0.15) is 0 Å². The van der Waals surface area contributed by atoms with Crippen LogP contribution in [0.2, 0.25) is 0 Å². The summed E-state index contributed by atoms with van der Waals surface area (Å²) in [5, 5.41) is 18.5. The van der Waals surface area contributed by atoms with Gasteiger partial charge in [0.25, 0.3) is 0 Å². The molecule has 0 saturated carbocycles. The highest BCUT2D eigenvalue weighted by atomic mass is 32.1. The number of aromatic nitrogens is 7. The predicted octanol–water partition coefficient (Wildman–Crippen LogP) is 2.86. The Bertz CT molecular complexity index is 1050. The van der Waals surface area contributed by atoms with Crippen LogP contribution < -0.4 is 0 Å². The fraction of sp³-hybridized carbons (Fsp3) is 0.316. The first kappa shape index (κ1) is 18.5. The second-order valence-corrected chi connectivity index (χ2v) is 7.52. The summed E-state index contributed by atoms with van der Waals surface area (Å²) < 4.78 is 9.31. The van der Waals surface area contributed by atoms with E-state index in [1.54, 1.807) is 24.8 Å². The van der Waals surface area contributed by atoms with Gasteiger partial charge in [0, 0.05) is 50.1 Å². The lowest BCUT2D eigenvalue weighted by molar-refractivity contribution is 0.186. The van der Waals surface area contributed by atoms with Crippen LogP contribution in [0.5, 0.6) is 0 Å². The Labute approximate surface area is 166 Å². The number of benzene rings is 1. The van der Waals surface area contributed by atoms with Crippen molar-refractivity contribution in [2.75, 3.05) is 13.7 Å². The van der Waals surface area contributed by atoms with Crippen LogP contribution in [0.25, 0.3) is 22.0 Å². The molecule has 1 aromatic carbocycles. The highest BCUT2D eigenvalue weighted by Gasteiger charge is 2.11. The number of hydrogen-bond acceptors (Lipinski definition) is 7. The van der Waals surface area contributed by atoms with Crippen molar-refractivity contribution in [3.63, 3.8) is 0 Å². The molecule has 28 heavy (non-hydrogen) atoms. The lowest BCUT2D eigenvalue weighted by Crippen LogP contribution is -2.11. The van der Waals surface area contributed by atoms with Gasteiger partial charge in [0.1, 0.15) is 28.0 Å². The van der Waals surface area contributed by atoms with E-state index in [-0.39, 0.29) is 0 Å². The topological polar surface area (TPSA) is 83.5 Å². The second kappa shape index (κ2) is 8.41. The molecule has 9 heteroatoms. The van der Waals surface area contributed by atoms with Gasteiger partial charge in [0.2, 0.25) is 0 Å². The molecule has 0 radical (unpaired) electrons. The Kier molecular flexibility index (Phi) is 5.54. The zero-order chi connectivity index (χ0) is 19.3. The molecule has 3 aromatic heterocycles. The van der Waals surface area contributed by atoms with Gasteiger partial charge in [-0.1, -0.05) is 29.5 Å². The lowest BCUT2D eigenvalue weighted by Gasteiger charge is -2.10. The fourth-order valence-electron chi connectivity index (χ4n) is 3.02. The van der Waals surface area contributed by atoms with Crippen LogP contribution in [-0.4, -0.2) is 48.2 Å². The van der Waals surface area contributed by atoms with Crippen LogP contribution in [0.3, 0.4) is 0 Å². The highest BCUT2D eigenvalue weighted by molar-refractivity contribution is 7.14. The Balaban J connectivity index is 1.53. The van der Waals surface area contributed by atoms with Crippen molar-refractivity contribution in [2.45, 2.75) is 26.4 Å². The molecule has 0 unspecified atom stereocenters. The van der Waals surface area contributed by atoms with Crippen LogP contribution in [0, 0.1) is 6.92 Å². The summed E-state index contributed by atoms with van der Waals surface area (Å²) in [7, 11) is 1.69. The Morgan fingerprint density at radius 1 is 1.07 bits per heavy atom. The van der Waals surface area contributed by atoms with Crippen LogP contribution in [0.15, 0.2) is 43.0 Å². The molecule has 0 amide bonds. The highest BCUT2D eigenvalue weighted by Crippen LogP contribution is 2.27. The van der Waals surface area contributed by atoms with Gasteiger partial charge in [-0.05, 0) is 13.0 Å². The van der Waals surface area contributed by atoms with E-state index in [0.29, 0.717) is 6.61 Å². The normalized spacial score (nSPS) is 11.2. The molecule has 4 aromatic rings. The first-order valence-corrected chi connectivity index (χ1v) is 9.84. The summed E-state index contributed by atoms with van der Waals surface area (Å²) in [5.74, 6) is 1.86. The van der Waals surface area contributed by atoms with Crippen molar-refractivity contribution in [2.24, 2.45) is 0 Å². The standard InChI is InChI=1S/C19H21N7OS/c1-14-22-24-19(28-14)16-5-3-4-15(12-16)18-20-7-9-25(18)8-6-17-23-21-13-26(17)10-11-27-2/h3-5,7,9,12-13H,6,8,10-11H2,1-2H3. The number of hydrogen-bond donors (Lipinski definition) is 0. The van der Waals surface area contributed by atoms with Gasteiger partial charge in [-0.15, -0.1) is 20.4 Å². The van der Waals surface area contributed by atoms with Crippen LogP contribution in [0.1, 0.15) is 10.8 Å². The first-order valence-electron chi connectivity index (χ1n) is 9.02. The molecular weight excluding hydrogens is 374 g/mol. The maximum Gasteiger partial charge on any atom is 0.147 e. The minimum Gasteiger partial charge on any atom is -0.383 e. The smallest absolute Gasteiger partial charge is 0.147 e. The lowest BCUT2D eigenvalue weighted by atomic mass is 10.1. The SMILES string of the molecule is COCCn1cnnc1CCn1ccnc1-c1cccc(-c2nnc(C)s2)c1. The third-order valence-electron chi connectivity index (χ3n) is 4.42. The molecule has 4 rings (SSSR count). The summed E-state index contributed by atoms with van der Waals surface area (Å²) in [4.78, 5) is 4.57. The van der Waals surface area contributed by atoms with E-state index in [0.717, 1.165) is 52.3 Å². The predicted molar refractivity (Wildman–Crippen MR) is 107 cm³/mol. The number of ether oxygens (including phenoxy) is 1. The van der Waals surface area contributed by atoms with Crippen molar-refractivity contribution in [3.8, 4) is 22.0 Å². The average Bonchev–Trinajstić information content (AvgIpc) is 3.45. The molecule has 144 valence electrons. The molecular formula is C19H21N7OS. The van der Waals surface area contributed by atoms with Gasteiger partial charge in [-0.25, -0.2) is 4.98 Å². The number of methoxy groups -OCH3 is 1. The van der Waals surface area contributed by atoms with Crippen LogP contribution in [0.4, 0.5) is 0 Å².